The van der Waals surface area contributed by atoms with Crippen molar-refractivity contribution >= 4 is 75.2 Å². The van der Waals surface area contributed by atoms with E-state index in [1.165, 1.54) is 27.2 Å². The number of rotatable bonds is 21. The molecular weight excluding hydrogens is 943 g/mol. The first-order valence-electron chi connectivity index (χ1n) is 23.7. The van der Waals surface area contributed by atoms with Gasteiger partial charge in [-0.05, 0) is 109 Å². The Balaban J connectivity index is 0.860. The quantitative estimate of drug-likeness (QED) is 0.0463. The van der Waals surface area contributed by atoms with Crippen LogP contribution in [0.1, 0.15) is 107 Å². The number of aromatic nitrogens is 2. The molecule has 0 spiro atoms. The van der Waals surface area contributed by atoms with Gasteiger partial charge in [-0.1, -0.05) is 29.8 Å². The maximum atomic E-state index is 14.7. The van der Waals surface area contributed by atoms with Crippen molar-refractivity contribution in [3.8, 4) is 5.75 Å². The van der Waals surface area contributed by atoms with Crippen LogP contribution < -0.4 is 26.0 Å². The molecule has 20 heteroatoms. The zero-order valence-electron chi connectivity index (χ0n) is 39.7. The molecule has 1 unspecified atom stereocenters. The van der Waals surface area contributed by atoms with Crippen LogP contribution in [0.3, 0.4) is 0 Å². The SMILES string of the molecule is CC(C)(C)OC(=O)N(CCCOCCCCNC(=O)C1(Cc2cccc(Nc3nccs3)n2)CCC(Oc2cccc(Cl)c2F)CC1)CCC(=O)Nc1cccc2c1CN(C1CCC(=O)NC1=O)C2=O. The normalized spacial score (nSPS) is 19.0. The highest BCUT2D eigenvalue weighted by molar-refractivity contribution is 7.13. The third kappa shape index (κ3) is 13.8. The van der Waals surface area contributed by atoms with Crippen LogP contribution >= 0.6 is 22.9 Å². The lowest BCUT2D eigenvalue weighted by molar-refractivity contribution is -0.137. The average molecular weight is 1000 g/mol. The van der Waals surface area contributed by atoms with Crippen molar-refractivity contribution in [3.63, 3.8) is 0 Å². The smallest absolute Gasteiger partial charge is 0.410 e. The third-order valence-corrected chi connectivity index (χ3v) is 13.4. The first-order valence-corrected chi connectivity index (χ1v) is 25.0. The number of anilines is 3. The Morgan fingerprint density at radius 1 is 0.986 bits per heavy atom. The van der Waals surface area contributed by atoms with Gasteiger partial charge in [0.05, 0.1) is 16.5 Å². The summed E-state index contributed by atoms with van der Waals surface area (Å²) in [5, 5.41) is 14.1. The molecule has 6 amide bonds. The van der Waals surface area contributed by atoms with Crippen LogP contribution in [0.4, 0.5) is 25.8 Å². The summed E-state index contributed by atoms with van der Waals surface area (Å²) >= 11 is 7.46. The molecule has 2 aromatic heterocycles. The van der Waals surface area contributed by atoms with E-state index >= 15 is 0 Å². The molecule has 2 aliphatic heterocycles. The van der Waals surface area contributed by atoms with Gasteiger partial charge in [0.2, 0.25) is 23.6 Å². The Hall–Kier alpha value is -6.18. The summed E-state index contributed by atoms with van der Waals surface area (Å²) in [5.41, 5.74) is 0.618. The lowest BCUT2D eigenvalue weighted by Gasteiger charge is -2.39. The van der Waals surface area contributed by atoms with E-state index in [0.717, 1.165) is 5.69 Å². The average Bonchev–Trinajstić information content (AvgIpc) is 3.96. The van der Waals surface area contributed by atoms with Gasteiger partial charge in [0.15, 0.2) is 16.7 Å². The topological polar surface area (TPSA) is 210 Å². The van der Waals surface area contributed by atoms with Crippen molar-refractivity contribution in [2.24, 2.45) is 5.41 Å². The third-order valence-electron chi connectivity index (χ3n) is 12.4. The monoisotopic (exact) mass is 1000 g/mol. The van der Waals surface area contributed by atoms with Crippen LogP contribution in [0.25, 0.3) is 0 Å². The van der Waals surface area contributed by atoms with E-state index in [1.54, 1.807) is 57.3 Å². The van der Waals surface area contributed by atoms with Crippen molar-refractivity contribution in [2.45, 2.75) is 116 Å². The minimum Gasteiger partial charge on any atom is -0.487 e. The fourth-order valence-electron chi connectivity index (χ4n) is 8.84. The highest BCUT2D eigenvalue weighted by Crippen LogP contribution is 2.42. The number of carbonyl (C=O) groups is 6. The summed E-state index contributed by atoms with van der Waals surface area (Å²) in [7, 11) is 0. The standard InChI is InChI=1S/C50H60ClFN8O9S/c1-49(2,3)69-48(66)59(26-20-42(62)56-37-13-7-11-34-35(37)31-60(45(34)64)38-16-17-41(61)58-44(38)63)25-9-28-67-27-5-4-23-53-46(65)50(30-32-10-6-15-40(55-32)57-47-54-24-29-70-47)21-18-33(19-22-50)68-39-14-8-12-36(51)43(39)52/h6-8,10-15,24,29,33,38H,4-5,9,16-23,25-28,30-31H2,1-3H3,(H,53,65)(H,56,62)(H,54,55,57)(H,58,61,63). The Kier molecular flexibility index (Phi) is 17.4. The van der Waals surface area contributed by atoms with Gasteiger partial charge in [-0.15, -0.1) is 11.3 Å². The van der Waals surface area contributed by atoms with Gasteiger partial charge in [0, 0.05) is 92.7 Å². The number of carbonyl (C=O) groups excluding carboxylic acids is 6. The molecule has 2 fully saturated rings. The van der Waals surface area contributed by atoms with Crippen LogP contribution in [0.15, 0.2) is 66.2 Å². The first-order chi connectivity index (χ1) is 33.6. The number of benzene rings is 2. The maximum absolute atomic E-state index is 14.7. The summed E-state index contributed by atoms with van der Waals surface area (Å²) in [6.07, 6.45) is 5.49. The van der Waals surface area contributed by atoms with Gasteiger partial charge in [0.25, 0.3) is 5.91 Å². The van der Waals surface area contributed by atoms with E-state index in [2.05, 4.69) is 26.3 Å². The number of nitrogens with zero attached hydrogens (tertiary/aromatic N) is 4. The lowest BCUT2D eigenvalue weighted by Crippen LogP contribution is -2.52. The lowest BCUT2D eigenvalue weighted by atomic mass is 9.69. The number of pyridine rings is 1. The van der Waals surface area contributed by atoms with Crippen LogP contribution in [0.5, 0.6) is 5.75 Å². The van der Waals surface area contributed by atoms with Crippen molar-refractivity contribution in [1.29, 1.82) is 0 Å². The predicted molar refractivity (Wildman–Crippen MR) is 261 cm³/mol. The number of thiazole rings is 1. The molecular formula is C50H60ClFN8O9S. The summed E-state index contributed by atoms with van der Waals surface area (Å²) in [6, 6.07) is 14.5. The summed E-state index contributed by atoms with van der Waals surface area (Å²) in [6.45, 7) is 6.96. The van der Waals surface area contributed by atoms with Crippen LogP contribution in [-0.2, 0) is 41.6 Å². The second-order valence-corrected chi connectivity index (χ2v) is 20.0. The molecule has 17 nitrogen and oxygen atoms in total. The Bertz CT molecular complexity index is 2520. The number of fused-ring (bicyclic) bond motifs is 1. The van der Waals surface area contributed by atoms with E-state index in [1.807, 2.05) is 23.6 Å². The molecule has 4 heterocycles. The van der Waals surface area contributed by atoms with Crippen LogP contribution in [-0.4, -0.2) is 106 Å². The van der Waals surface area contributed by atoms with E-state index in [4.69, 9.17) is 30.8 Å². The number of ether oxygens (including phenoxy) is 3. The van der Waals surface area contributed by atoms with Crippen LogP contribution in [0, 0.1) is 11.2 Å². The molecule has 4 aromatic rings. The minimum atomic E-state index is -0.786. The van der Waals surface area contributed by atoms with Gasteiger partial charge >= 0.3 is 6.09 Å². The first kappa shape index (κ1) is 51.7. The van der Waals surface area contributed by atoms with E-state index < -0.39 is 34.9 Å². The van der Waals surface area contributed by atoms with Gasteiger partial charge in [0.1, 0.15) is 17.5 Å². The minimum absolute atomic E-state index is 0.0108. The molecule has 0 radical (unpaired) electrons. The molecule has 1 atom stereocenters. The number of piperidine rings is 1. The molecule has 2 aromatic carbocycles. The Labute approximate surface area is 415 Å². The fraction of sp³-hybridized carbons (Fsp3) is 0.480. The number of unbranched alkanes of at least 4 members (excludes halogenated alkanes) is 1. The van der Waals surface area contributed by atoms with E-state index in [-0.39, 0.29) is 79.4 Å². The Morgan fingerprint density at radius 2 is 1.76 bits per heavy atom. The van der Waals surface area contributed by atoms with Crippen molar-refractivity contribution in [3.05, 3.63) is 93.8 Å². The molecule has 7 rings (SSSR count). The second kappa shape index (κ2) is 23.6. The summed E-state index contributed by atoms with van der Waals surface area (Å²) in [4.78, 5) is 90.2. The molecule has 0 bridgehead atoms. The number of hydrogen-bond donors (Lipinski definition) is 4. The zero-order chi connectivity index (χ0) is 49.8. The van der Waals surface area contributed by atoms with Gasteiger partial charge in [-0.2, -0.15) is 0 Å². The molecule has 1 saturated heterocycles. The van der Waals surface area contributed by atoms with Gasteiger partial charge in [-0.3, -0.25) is 29.3 Å². The Morgan fingerprint density at radius 3 is 2.51 bits per heavy atom. The predicted octanol–water partition coefficient (Wildman–Crippen LogP) is 7.95. The molecule has 70 heavy (non-hydrogen) atoms. The summed E-state index contributed by atoms with van der Waals surface area (Å²) < 4.78 is 32.3. The largest absolute Gasteiger partial charge is 0.487 e. The number of hydrogen-bond acceptors (Lipinski definition) is 13. The van der Waals surface area contributed by atoms with Crippen molar-refractivity contribution < 1.29 is 47.4 Å². The van der Waals surface area contributed by atoms with Crippen LogP contribution in [0.2, 0.25) is 5.02 Å². The van der Waals surface area contributed by atoms with Crippen molar-refractivity contribution in [1.82, 2.24) is 30.4 Å². The van der Waals surface area contributed by atoms with E-state index in [0.29, 0.717) is 98.9 Å². The highest BCUT2D eigenvalue weighted by Gasteiger charge is 2.43. The molecule has 1 saturated carbocycles. The second-order valence-electron chi connectivity index (χ2n) is 18.7. The molecule has 3 aliphatic rings. The number of nitrogens with one attached hydrogen (secondary N) is 4. The number of halogens is 2. The van der Waals surface area contributed by atoms with Gasteiger partial charge in [-0.25, -0.2) is 19.2 Å². The number of imide groups is 1. The molecule has 374 valence electrons. The highest BCUT2D eigenvalue weighted by atomic mass is 35.5. The van der Waals surface area contributed by atoms with E-state index in [9.17, 15) is 33.2 Å². The van der Waals surface area contributed by atoms with Gasteiger partial charge < -0.3 is 40.0 Å². The summed E-state index contributed by atoms with van der Waals surface area (Å²) in [5.74, 6) is -1.57. The molecule has 4 N–H and O–H groups in total. The maximum Gasteiger partial charge on any atom is 0.410 e. The number of amides is 6. The zero-order valence-corrected chi connectivity index (χ0v) is 41.2. The molecule has 1 aliphatic carbocycles. The van der Waals surface area contributed by atoms with Crippen molar-refractivity contribution in [2.75, 3.05) is 43.5 Å². The fourth-order valence-corrected chi connectivity index (χ4v) is 9.54.